The fraction of sp³-hybridized carbons (Fsp3) is 0.154. The number of aromatic carboxylic acids is 1. The maximum absolute atomic E-state index is 12.7. The Labute approximate surface area is 125 Å². The van der Waals surface area contributed by atoms with Gasteiger partial charge in [0.15, 0.2) is 0 Å². The largest absolute Gasteiger partial charge is 0.489 e. The lowest BCUT2D eigenvalue weighted by Crippen LogP contribution is -2.37. The van der Waals surface area contributed by atoms with Crippen LogP contribution in [0.2, 0.25) is 0 Å². The van der Waals surface area contributed by atoms with Crippen molar-refractivity contribution in [2.24, 2.45) is 0 Å². The molecule has 2 heterocycles. The molecule has 1 aliphatic rings. The normalized spacial score (nSPS) is 14.4. The highest BCUT2D eigenvalue weighted by molar-refractivity contribution is 7.94. The summed E-state index contributed by atoms with van der Waals surface area (Å²) in [7, 11) is -3.78. The molecular formula is C13H11NO5S2. The average molecular weight is 325 g/mol. The number of hydrogen-bond donors (Lipinski definition) is 1. The Morgan fingerprint density at radius 2 is 2.10 bits per heavy atom. The SMILES string of the molecule is O=C(O)c1csc(S(=O)(=O)N2CCOc3ccccc32)c1. The van der Waals surface area contributed by atoms with Crippen molar-refractivity contribution in [1.29, 1.82) is 0 Å². The van der Waals surface area contributed by atoms with E-state index in [-0.39, 0.29) is 22.9 Å². The number of thiophene rings is 1. The van der Waals surface area contributed by atoms with Gasteiger partial charge in [-0.2, -0.15) is 0 Å². The van der Waals surface area contributed by atoms with Crippen molar-refractivity contribution in [3.05, 3.63) is 41.3 Å². The lowest BCUT2D eigenvalue weighted by Gasteiger charge is -2.29. The molecule has 1 N–H and O–H groups in total. The summed E-state index contributed by atoms with van der Waals surface area (Å²) in [5, 5.41) is 10.2. The van der Waals surface area contributed by atoms with E-state index in [1.807, 2.05) is 0 Å². The van der Waals surface area contributed by atoms with Crippen molar-refractivity contribution in [2.75, 3.05) is 17.5 Å². The molecule has 1 aliphatic heterocycles. The molecule has 0 amide bonds. The molecule has 21 heavy (non-hydrogen) atoms. The zero-order chi connectivity index (χ0) is 15.0. The highest BCUT2D eigenvalue weighted by Crippen LogP contribution is 2.36. The van der Waals surface area contributed by atoms with Crippen LogP contribution >= 0.6 is 11.3 Å². The Hall–Kier alpha value is -2.06. The fourth-order valence-corrected chi connectivity index (χ4v) is 4.79. The molecule has 0 fully saturated rings. The van der Waals surface area contributed by atoms with Crippen LogP contribution in [0.25, 0.3) is 0 Å². The van der Waals surface area contributed by atoms with E-state index < -0.39 is 16.0 Å². The molecule has 0 atom stereocenters. The molecule has 0 unspecified atom stereocenters. The van der Waals surface area contributed by atoms with E-state index in [0.29, 0.717) is 11.4 Å². The maximum atomic E-state index is 12.7. The van der Waals surface area contributed by atoms with E-state index >= 15 is 0 Å². The highest BCUT2D eigenvalue weighted by atomic mass is 32.2. The first kappa shape index (κ1) is 13.9. The molecule has 110 valence electrons. The number of anilines is 1. The van der Waals surface area contributed by atoms with Gasteiger partial charge in [0.05, 0.1) is 17.8 Å². The lowest BCUT2D eigenvalue weighted by atomic mass is 10.2. The van der Waals surface area contributed by atoms with Crippen molar-refractivity contribution in [3.63, 3.8) is 0 Å². The highest BCUT2D eigenvalue weighted by Gasteiger charge is 2.31. The second-order valence-electron chi connectivity index (χ2n) is 4.35. The van der Waals surface area contributed by atoms with Crippen LogP contribution in [-0.4, -0.2) is 32.6 Å². The number of rotatable bonds is 3. The molecule has 0 bridgehead atoms. The van der Waals surface area contributed by atoms with Crippen LogP contribution in [0.5, 0.6) is 5.75 Å². The molecule has 0 aliphatic carbocycles. The molecule has 0 saturated heterocycles. The number of fused-ring (bicyclic) bond motifs is 1. The molecule has 3 rings (SSSR count). The van der Waals surface area contributed by atoms with E-state index in [9.17, 15) is 13.2 Å². The third-order valence-electron chi connectivity index (χ3n) is 3.05. The number of carbonyl (C=O) groups is 1. The van der Waals surface area contributed by atoms with Crippen molar-refractivity contribution >= 4 is 33.0 Å². The first-order valence-corrected chi connectivity index (χ1v) is 8.38. The van der Waals surface area contributed by atoms with Gasteiger partial charge in [0.2, 0.25) is 0 Å². The Morgan fingerprint density at radius 1 is 1.33 bits per heavy atom. The maximum Gasteiger partial charge on any atom is 0.336 e. The standard InChI is InChI=1S/C13H11NO5S2/c15-13(16)9-7-12(20-8-9)21(17,18)14-5-6-19-11-4-2-1-3-10(11)14/h1-4,7-8H,5-6H2,(H,15,16). The first-order chi connectivity index (χ1) is 10.00. The summed E-state index contributed by atoms with van der Waals surface area (Å²) >= 11 is 0.902. The predicted octanol–water partition coefficient (Wildman–Crippen LogP) is 2.03. The minimum Gasteiger partial charge on any atom is -0.489 e. The summed E-state index contributed by atoms with van der Waals surface area (Å²) in [4.78, 5) is 10.9. The van der Waals surface area contributed by atoms with Gasteiger partial charge in [0.25, 0.3) is 10.0 Å². The number of carboxylic acids is 1. The van der Waals surface area contributed by atoms with Crippen LogP contribution in [0.1, 0.15) is 10.4 Å². The van der Waals surface area contributed by atoms with E-state index in [0.717, 1.165) is 11.3 Å². The number of hydrogen-bond acceptors (Lipinski definition) is 5. The monoisotopic (exact) mass is 325 g/mol. The van der Waals surface area contributed by atoms with Crippen molar-refractivity contribution < 1.29 is 23.1 Å². The zero-order valence-electron chi connectivity index (χ0n) is 10.7. The van der Waals surface area contributed by atoms with Gasteiger partial charge in [0, 0.05) is 5.38 Å². The minimum absolute atomic E-state index is 0.0107. The summed E-state index contributed by atoms with van der Waals surface area (Å²) in [5.41, 5.74) is 0.439. The number of sulfonamides is 1. The summed E-state index contributed by atoms with van der Waals surface area (Å²) in [6.45, 7) is 0.451. The van der Waals surface area contributed by atoms with Gasteiger partial charge in [-0.05, 0) is 18.2 Å². The molecule has 8 heteroatoms. The first-order valence-electron chi connectivity index (χ1n) is 6.06. The van der Waals surface area contributed by atoms with Gasteiger partial charge in [0.1, 0.15) is 16.6 Å². The predicted molar refractivity (Wildman–Crippen MR) is 77.7 cm³/mol. The number of carboxylic acid groups (broad SMARTS) is 1. The number of benzene rings is 1. The molecule has 1 aromatic carbocycles. The van der Waals surface area contributed by atoms with Gasteiger partial charge < -0.3 is 9.84 Å². The van der Waals surface area contributed by atoms with E-state index in [4.69, 9.17) is 9.84 Å². The Bertz CT molecular complexity index is 796. The van der Waals surface area contributed by atoms with Gasteiger partial charge >= 0.3 is 5.97 Å². The van der Waals surface area contributed by atoms with Gasteiger partial charge in [-0.3, -0.25) is 4.31 Å². The van der Waals surface area contributed by atoms with Crippen LogP contribution in [-0.2, 0) is 10.0 Å². The van der Waals surface area contributed by atoms with Crippen LogP contribution in [0, 0.1) is 0 Å². The second kappa shape index (κ2) is 5.05. The molecule has 2 aromatic rings. The topological polar surface area (TPSA) is 83.9 Å². The van der Waals surface area contributed by atoms with Crippen molar-refractivity contribution in [2.45, 2.75) is 4.21 Å². The summed E-state index contributed by atoms with van der Waals surface area (Å²) < 4.78 is 32.0. The average Bonchev–Trinajstić information content (AvgIpc) is 2.97. The van der Waals surface area contributed by atoms with Gasteiger partial charge in [-0.25, -0.2) is 13.2 Å². The van der Waals surface area contributed by atoms with Gasteiger partial charge in [-0.1, -0.05) is 12.1 Å². The third kappa shape index (κ3) is 2.36. The molecule has 0 spiro atoms. The molecule has 0 radical (unpaired) electrons. The Kier molecular flexibility index (Phi) is 3.34. The fourth-order valence-electron chi connectivity index (χ4n) is 2.07. The van der Waals surface area contributed by atoms with E-state index in [1.165, 1.54) is 15.8 Å². The van der Waals surface area contributed by atoms with Crippen LogP contribution < -0.4 is 9.04 Å². The van der Waals surface area contributed by atoms with Gasteiger partial charge in [-0.15, -0.1) is 11.3 Å². The minimum atomic E-state index is -3.78. The van der Waals surface area contributed by atoms with Crippen molar-refractivity contribution in [1.82, 2.24) is 0 Å². The quantitative estimate of drug-likeness (QED) is 0.933. The van der Waals surface area contributed by atoms with Crippen LogP contribution in [0.15, 0.2) is 39.9 Å². The zero-order valence-corrected chi connectivity index (χ0v) is 12.4. The summed E-state index contributed by atoms with van der Waals surface area (Å²) in [5.74, 6) is -0.641. The smallest absolute Gasteiger partial charge is 0.336 e. The van der Waals surface area contributed by atoms with E-state index in [1.54, 1.807) is 24.3 Å². The third-order valence-corrected chi connectivity index (χ3v) is 6.28. The second-order valence-corrected chi connectivity index (χ2v) is 7.35. The van der Waals surface area contributed by atoms with E-state index in [2.05, 4.69) is 0 Å². The number of ether oxygens (including phenoxy) is 1. The summed E-state index contributed by atoms with van der Waals surface area (Å²) in [6, 6.07) is 8.04. The van der Waals surface area contributed by atoms with Crippen LogP contribution in [0.3, 0.4) is 0 Å². The molecule has 6 nitrogen and oxygen atoms in total. The van der Waals surface area contributed by atoms with Crippen molar-refractivity contribution in [3.8, 4) is 5.75 Å². The molecular weight excluding hydrogens is 314 g/mol. The summed E-state index contributed by atoms with van der Waals surface area (Å²) in [6.07, 6.45) is 0. The van der Waals surface area contributed by atoms with Crippen LogP contribution in [0.4, 0.5) is 5.69 Å². The Balaban J connectivity index is 2.05. The molecule has 1 aromatic heterocycles. The lowest BCUT2D eigenvalue weighted by molar-refractivity contribution is 0.0697. The number of nitrogens with zero attached hydrogens (tertiary/aromatic N) is 1. The Morgan fingerprint density at radius 3 is 2.81 bits per heavy atom. The molecule has 0 saturated carbocycles. The number of para-hydroxylation sites is 2.